The van der Waals surface area contributed by atoms with Gasteiger partial charge in [-0.25, -0.2) is 4.79 Å². The fourth-order valence-corrected chi connectivity index (χ4v) is 7.41. The van der Waals surface area contributed by atoms with Gasteiger partial charge in [-0.2, -0.15) is 0 Å². The number of ketones is 1. The van der Waals surface area contributed by atoms with Crippen LogP contribution in [0.15, 0.2) is 72.8 Å². The van der Waals surface area contributed by atoms with Gasteiger partial charge in [0, 0.05) is 17.7 Å². The Kier molecular flexibility index (Phi) is 5.87. The molecule has 0 saturated carbocycles. The topological polar surface area (TPSA) is 124 Å². The fourth-order valence-electron chi connectivity index (χ4n) is 6.31. The van der Waals surface area contributed by atoms with Crippen LogP contribution in [0.2, 0.25) is 0 Å². The van der Waals surface area contributed by atoms with Crippen molar-refractivity contribution in [2.45, 2.75) is 22.7 Å². The van der Waals surface area contributed by atoms with E-state index in [-0.39, 0.29) is 11.3 Å². The van der Waals surface area contributed by atoms with Crippen molar-refractivity contribution in [3.63, 3.8) is 0 Å². The minimum absolute atomic E-state index is 0.0192. The third-order valence-corrected chi connectivity index (χ3v) is 9.36. The van der Waals surface area contributed by atoms with Gasteiger partial charge in [-0.1, -0.05) is 60.7 Å². The number of carbonyl (C=O) groups is 4. The number of carbonyl (C=O) groups excluding carboxylic acids is 4. The smallest absolute Gasteiger partial charge is 0.329 e. The molecule has 1 aliphatic heterocycles. The second kappa shape index (κ2) is 8.97. The molecule has 1 fully saturated rings. The molecule has 1 heterocycles. The number of nitro benzene ring substituents is 1. The predicted molar refractivity (Wildman–Crippen MR) is 143 cm³/mol. The van der Waals surface area contributed by atoms with Crippen molar-refractivity contribution in [3.05, 3.63) is 111 Å². The van der Waals surface area contributed by atoms with E-state index in [4.69, 9.17) is 27.9 Å². The van der Waals surface area contributed by atoms with Crippen molar-refractivity contribution < 1.29 is 28.8 Å². The maximum atomic E-state index is 13.9. The maximum absolute atomic E-state index is 13.9. The van der Waals surface area contributed by atoms with Gasteiger partial charge >= 0.3 is 5.97 Å². The summed E-state index contributed by atoms with van der Waals surface area (Å²) >= 11 is 14.7. The molecule has 40 heavy (non-hydrogen) atoms. The summed E-state index contributed by atoms with van der Waals surface area (Å²) in [7, 11) is 0. The van der Waals surface area contributed by atoms with E-state index in [1.165, 1.54) is 25.1 Å². The molecule has 0 radical (unpaired) electrons. The van der Waals surface area contributed by atoms with Crippen molar-refractivity contribution in [1.29, 1.82) is 0 Å². The van der Waals surface area contributed by atoms with Crippen LogP contribution in [-0.4, -0.2) is 46.0 Å². The Labute approximate surface area is 237 Å². The van der Waals surface area contributed by atoms with Gasteiger partial charge in [-0.3, -0.25) is 29.4 Å². The van der Waals surface area contributed by atoms with E-state index >= 15 is 0 Å². The Bertz CT molecular complexity index is 1530. The number of ether oxygens (including phenoxy) is 1. The Balaban J connectivity index is 1.30. The lowest BCUT2D eigenvalue weighted by atomic mass is 9.54. The molecule has 202 valence electrons. The van der Waals surface area contributed by atoms with Gasteiger partial charge in [0.05, 0.1) is 16.8 Å². The zero-order valence-corrected chi connectivity index (χ0v) is 22.4. The highest BCUT2D eigenvalue weighted by atomic mass is 35.5. The van der Waals surface area contributed by atoms with Crippen LogP contribution >= 0.6 is 23.2 Å². The number of amides is 2. The zero-order chi connectivity index (χ0) is 28.6. The van der Waals surface area contributed by atoms with Crippen molar-refractivity contribution in [2.24, 2.45) is 11.8 Å². The Morgan fingerprint density at radius 1 is 0.900 bits per heavy atom. The van der Waals surface area contributed by atoms with Crippen LogP contribution in [0.4, 0.5) is 5.69 Å². The third-order valence-electron chi connectivity index (χ3n) is 8.07. The highest BCUT2D eigenvalue weighted by molar-refractivity contribution is 6.36. The normalized spacial score (nSPS) is 26.5. The summed E-state index contributed by atoms with van der Waals surface area (Å²) < 4.78 is 5.16. The maximum Gasteiger partial charge on any atom is 0.329 e. The molecule has 3 aromatic carbocycles. The molecular weight excluding hydrogens is 559 g/mol. The molecule has 2 amide bonds. The predicted octanol–water partition coefficient (Wildman–Crippen LogP) is 4.30. The van der Waals surface area contributed by atoms with E-state index in [1.807, 2.05) is 0 Å². The van der Waals surface area contributed by atoms with Gasteiger partial charge in [-0.15, -0.1) is 23.2 Å². The summed E-state index contributed by atoms with van der Waals surface area (Å²) in [5.74, 6) is -5.15. The Hall–Kier alpha value is -4.08. The molecule has 0 unspecified atom stereocenters. The molecule has 3 aliphatic carbocycles. The van der Waals surface area contributed by atoms with Crippen LogP contribution in [-0.2, 0) is 28.9 Å². The number of halogens is 2. The summed E-state index contributed by atoms with van der Waals surface area (Å²) in [6.45, 7) is 0.598. The van der Waals surface area contributed by atoms with Crippen LogP contribution in [0, 0.1) is 22.0 Å². The first-order valence-electron chi connectivity index (χ1n) is 12.4. The summed E-state index contributed by atoms with van der Waals surface area (Å²) in [6.07, 6.45) is 0. The minimum atomic E-state index is -1.39. The molecular formula is C29H20Cl2N2O7. The van der Waals surface area contributed by atoms with Crippen LogP contribution in [0.5, 0.6) is 0 Å². The number of esters is 1. The van der Waals surface area contributed by atoms with Crippen LogP contribution in [0.25, 0.3) is 0 Å². The second-order valence-electron chi connectivity index (χ2n) is 10.0. The molecule has 3 atom stereocenters. The average molecular weight is 579 g/mol. The van der Waals surface area contributed by atoms with E-state index in [0.29, 0.717) is 22.3 Å². The molecule has 3 aromatic rings. The van der Waals surface area contributed by atoms with Gasteiger partial charge in [0.25, 0.3) is 5.69 Å². The quantitative estimate of drug-likeness (QED) is 0.107. The Morgan fingerprint density at radius 3 is 1.82 bits per heavy atom. The molecule has 7 rings (SSSR count). The lowest BCUT2D eigenvalue weighted by Crippen LogP contribution is -2.57. The van der Waals surface area contributed by atoms with Crippen molar-refractivity contribution in [2.75, 3.05) is 6.61 Å². The number of benzene rings is 3. The molecule has 0 N–H and O–H groups in total. The van der Waals surface area contributed by atoms with Gasteiger partial charge in [-0.05, 0) is 29.2 Å². The van der Waals surface area contributed by atoms with Crippen molar-refractivity contribution in [3.8, 4) is 0 Å². The minimum Gasteiger partial charge on any atom is -0.456 e. The van der Waals surface area contributed by atoms with E-state index in [2.05, 4.69) is 0 Å². The summed E-state index contributed by atoms with van der Waals surface area (Å²) in [6, 6.07) is 18.0. The number of nitrogens with zero attached hydrogens (tertiary/aromatic N) is 2. The Morgan fingerprint density at radius 2 is 1.38 bits per heavy atom. The van der Waals surface area contributed by atoms with Gasteiger partial charge in [0.1, 0.15) is 15.8 Å². The summed E-state index contributed by atoms with van der Waals surface area (Å²) in [5, 5.41) is 11.0. The van der Waals surface area contributed by atoms with Gasteiger partial charge in [0.2, 0.25) is 17.6 Å². The van der Waals surface area contributed by atoms with E-state index in [0.717, 1.165) is 11.0 Å². The number of Topliss-reactive ketones (excluding diaryl/α,β-unsaturated/α-hetero) is 1. The lowest BCUT2D eigenvalue weighted by Gasteiger charge is -2.54. The highest BCUT2D eigenvalue weighted by Gasteiger charge is 2.73. The SMILES string of the molecule is C[C@H](C(=O)OCC(=O)c1cccc([N+](=O)[O-])c1)N1C(=O)[C@H]2[C@H](C1=O)C1(Cl)c3ccccc3C2(Cl)c2ccccc21. The van der Waals surface area contributed by atoms with E-state index in [1.54, 1.807) is 48.5 Å². The standard InChI is InChI=1S/C29H20Cl2N2O7/c1-15(27(37)40-14-22(34)16-7-6-8-17(13-16)33(38)39)32-25(35)23-24(26(32)36)29(31)19-10-3-2-9-18(19)28(23,30)20-11-4-5-12-21(20)29/h2-13,15,23-24H,14H2,1H3/t15-,23-,24-,28?,29?/m1/s1. The molecule has 4 aliphatic rings. The first kappa shape index (κ1) is 26.2. The van der Waals surface area contributed by atoms with E-state index < -0.39 is 62.7 Å². The number of imide groups is 1. The number of alkyl halides is 2. The lowest BCUT2D eigenvalue weighted by molar-refractivity contribution is -0.384. The number of nitro groups is 1. The average Bonchev–Trinajstić information content (AvgIpc) is 3.24. The molecule has 0 aromatic heterocycles. The molecule has 1 saturated heterocycles. The van der Waals surface area contributed by atoms with Crippen LogP contribution in [0.1, 0.15) is 39.5 Å². The zero-order valence-electron chi connectivity index (χ0n) is 20.9. The number of rotatable bonds is 6. The van der Waals surface area contributed by atoms with Crippen LogP contribution < -0.4 is 0 Å². The second-order valence-corrected chi connectivity index (χ2v) is 11.2. The van der Waals surface area contributed by atoms with Gasteiger partial charge < -0.3 is 4.74 Å². The summed E-state index contributed by atoms with van der Waals surface area (Å²) in [5.41, 5.74) is 2.22. The van der Waals surface area contributed by atoms with Crippen molar-refractivity contribution >= 4 is 52.5 Å². The largest absolute Gasteiger partial charge is 0.456 e. The number of hydrogen-bond donors (Lipinski definition) is 0. The fraction of sp³-hybridized carbons (Fsp3) is 0.241. The van der Waals surface area contributed by atoms with Crippen LogP contribution in [0.3, 0.4) is 0 Å². The van der Waals surface area contributed by atoms with Gasteiger partial charge in [0.15, 0.2) is 6.61 Å². The van der Waals surface area contributed by atoms with Crippen molar-refractivity contribution in [1.82, 2.24) is 4.90 Å². The highest BCUT2D eigenvalue weighted by Crippen LogP contribution is 2.69. The first-order valence-corrected chi connectivity index (χ1v) is 13.2. The number of hydrogen-bond acceptors (Lipinski definition) is 7. The molecule has 9 nitrogen and oxygen atoms in total. The summed E-state index contributed by atoms with van der Waals surface area (Å²) in [4.78, 5) is 61.9. The molecule has 0 spiro atoms. The van der Waals surface area contributed by atoms with E-state index in [9.17, 15) is 29.3 Å². The monoisotopic (exact) mass is 578 g/mol. The molecule has 11 heteroatoms. The molecule has 2 bridgehead atoms. The number of non-ortho nitro benzene ring substituents is 1. The first-order chi connectivity index (χ1) is 19.0. The number of likely N-dealkylation sites (tertiary alicyclic amines) is 1. The third kappa shape index (κ3) is 3.34.